The lowest BCUT2D eigenvalue weighted by Gasteiger charge is -2.32. The van der Waals surface area contributed by atoms with E-state index in [0.717, 1.165) is 61.8 Å². The first-order valence-electron chi connectivity index (χ1n) is 11.2. The first-order chi connectivity index (χ1) is 14.9. The van der Waals surface area contributed by atoms with Crippen LogP contribution in [0.15, 0.2) is 33.7 Å². The zero-order valence-corrected chi connectivity index (χ0v) is 22.4. The zero-order valence-electron chi connectivity index (χ0n) is 20.1. The van der Waals surface area contributed by atoms with Crippen LogP contribution in [0.1, 0.15) is 35.7 Å². The molecule has 0 amide bonds. The van der Waals surface area contributed by atoms with E-state index in [1.54, 1.807) is 0 Å². The number of nitrogens with one attached hydrogen (secondary N) is 1. The van der Waals surface area contributed by atoms with Gasteiger partial charge in [0.15, 0.2) is 5.96 Å². The van der Waals surface area contributed by atoms with Crippen LogP contribution in [0, 0.1) is 26.7 Å². The maximum atomic E-state index is 5.85. The number of piperidine rings is 1. The number of halogens is 1. The average Bonchev–Trinajstić information content (AvgIpc) is 3.08. The Morgan fingerprint density at radius 3 is 2.50 bits per heavy atom. The summed E-state index contributed by atoms with van der Waals surface area (Å²) in [6, 6.07) is 8.16. The molecule has 1 saturated heterocycles. The quantitative estimate of drug-likeness (QED) is 0.302. The summed E-state index contributed by atoms with van der Waals surface area (Å²) in [5, 5.41) is 3.54. The molecule has 1 fully saturated rings. The summed E-state index contributed by atoms with van der Waals surface area (Å²) in [4.78, 5) is 13.5. The number of aliphatic imine (C=N–C) groups is 1. The lowest BCUT2D eigenvalue weighted by Crippen LogP contribution is -2.44. The van der Waals surface area contributed by atoms with Gasteiger partial charge in [-0.2, -0.15) is 0 Å². The Hall–Kier alpha value is -1.81. The fraction of sp³-hybridized carbons (Fsp3) is 0.583. The monoisotopic (exact) mass is 555 g/mol. The van der Waals surface area contributed by atoms with Crippen LogP contribution in [0.25, 0.3) is 0 Å². The number of guanidine groups is 1. The van der Waals surface area contributed by atoms with Crippen molar-refractivity contribution in [1.29, 1.82) is 0 Å². The molecule has 3 rings (SSSR count). The first-order valence-corrected chi connectivity index (χ1v) is 11.2. The standard InChI is InChI=1S/C24H37N5O2.HI/c1-18-6-8-22(9-7-18)30-15-14-28(5)24(25-4)26-16-21-10-12-29(13-11-21)17-23-27-19(2)20(3)31-23;/h6-9,21H,10-17H2,1-5H3,(H,25,26);1H. The van der Waals surface area contributed by atoms with Crippen LogP contribution >= 0.6 is 24.0 Å². The SMILES string of the molecule is CN=C(NCC1CCN(Cc2nc(C)c(C)o2)CC1)N(C)CCOc1ccc(C)cc1.I. The number of aromatic nitrogens is 1. The van der Waals surface area contributed by atoms with Gasteiger partial charge in [-0.1, -0.05) is 17.7 Å². The van der Waals surface area contributed by atoms with E-state index in [0.29, 0.717) is 12.5 Å². The third-order valence-electron chi connectivity index (χ3n) is 5.98. The van der Waals surface area contributed by atoms with Gasteiger partial charge in [0.25, 0.3) is 0 Å². The van der Waals surface area contributed by atoms with Gasteiger partial charge in [-0.05, 0) is 64.8 Å². The third-order valence-corrected chi connectivity index (χ3v) is 5.98. The van der Waals surface area contributed by atoms with E-state index < -0.39 is 0 Å². The maximum absolute atomic E-state index is 5.85. The van der Waals surface area contributed by atoms with Gasteiger partial charge < -0.3 is 19.4 Å². The number of likely N-dealkylation sites (tertiary alicyclic amines) is 1. The van der Waals surface area contributed by atoms with Gasteiger partial charge in [0.1, 0.15) is 18.1 Å². The van der Waals surface area contributed by atoms with Crippen molar-refractivity contribution in [2.75, 3.05) is 46.9 Å². The Balaban J connectivity index is 0.00000363. The predicted octanol–water partition coefficient (Wildman–Crippen LogP) is 4.02. The fourth-order valence-corrected chi connectivity index (χ4v) is 3.81. The van der Waals surface area contributed by atoms with Crippen LogP contribution in [0.4, 0.5) is 0 Å². The number of aryl methyl sites for hydroxylation is 3. The average molecular weight is 556 g/mol. The topological polar surface area (TPSA) is 66.1 Å². The van der Waals surface area contributed by atoms with E-state index in [1.165, 1.54) is 18.4 Å². The minimum absolute atomic E-state index is 0. The highest BCUT2D eigenvalue weighted by Crippen LogP contribution is 2.19. The summed E-state index contributed by atoms with van der Waals surface area (Å²) in [5.41, 5.74) is 2.23. The Labute approximate surface area is 209 Å². The van der Waals surface area contributed by atoms with E-state index >= 15 is 0 Å². The van der Waals surface area contributed by atoms with E-state index in [2.05, 4.69) is 51.2 Å². The Kier molecular flexibility index (Phi) is 10.8. The van der Waals surface area contributed by atoms with Crippen molar-refractivity contribution in [2.45, 2.75) is 40.2 Å². The zero-order chi connectivity index (χ0) is 22.2. The molecule has 1 aliphatic rings. The van der Waals surface area contributed by atoms with Gasteiger partial charge >= 0.3 is 0 Å². The molecule has 1 aromatic heterocycles. The highest BCUT2D eigenvalue weighted by atomic mass is 127. The van der Waals surface area contributed by atoms with Crippen LogP contribution in [0.3, 0.4) is 0 Å². The first kappa shape index (κ1) is 26.4. The van der Waals surface area contributed by atoms with E-state index in [-0.39, 0.29) is 24.0 Å². The smallest absolute Gasteiger partial charge is 0.208 e. The van der Waals surface area contributed by atoms with Crippen molar-refractivity contribution < 1.29 is 9.15 Å². The molecular formula is C24H38IN5O2. The van der Waals surface area contributed by atoms with Crippen LogP contribution in [-0.4, -0.2) is 67.6 Å². The van der Waals surface area contributed by atoms with Crippen LogP contribution in [0.5, 0.6) is 5.75 Å². The molecule has 0 saturated carbocycles. The maximum Gasteiger partial charge on any atom is 0.208 e. The molecule has 0 bridgehead atoms. The molecule has 0 unspecified atom stereocenters. The largest absolute Gasteiger partial charge is 0.492 e. The molecule has 7 nitrogen and oxygen atoms in total. The summed E-state index contributed by atoms with van der Waals surface area (Å²) >= 11 is 0. The van der Waals surface area contributed by atoms with Crippen molar-refractivity contribution in [2.24, 2.45) is 10.9 Å². The van der Waals surface area contributed by atoms with E-state index in [9.17, 15) is 0 Å². The molecule has 1 N–H and O–H groups in total. The van der Waals surface area contributed by atoms with Gasteiger partial charge in [0.2, 0.25) is 5.89 Å². The highest BCUT2D eigenvalue weighted by molar-refractivity contribution is 14.0. The summed E-state index contributed by atoms with van der Waals surface area (Å²) in [6.07, 6.45) is 2.34. The Bertz CT molecular complexity index is 825. The van der Waals surface area contributed by atoms with Gasteiger partial charge in [0.05, 0.1) is 18.8 Å². The van der Waals surface area contributed by atoms with Crippen molar-refractivity contribution in [1.82, 2.24) is 20.1 Å². The number of nitrogens with zero attached hydrogens (tertiary/aromatic N) is 4. The third kappa shape index (κ3) is 7.95. The molecule has 32 heavy (non-hydrogen) atoms. The lowest BCUT2D eigenvalue weighted by atomic mass is 9.97. The second-order valence-corrected chi connectivity index (χ2v) is 8.48. The lowest BCUT2D eigenvalue weighted by molar-refractivity contribution is 0.163. The van der Waals surface area contributed by atoms with Crippen molar-refractivity contribution in [3.63, 3.8) is 0 Å². The summed E-state index contributed by atoms with van der Waals surface area (Å²) in [5.74, 6) is 4.23. The number of ether oxygens (including phenoxy) is 1. The molecule has 2 heterocycles. The number of hydrogen-bond donors (Lipinski definition) is 1. The second-order valence-electron chi connectivity index (χ2n) is 8.48. The molecule has 178 valence electrons. The van der Waals surface area contributed by atoms with E-state index in [1.807, 2.05) is 33.0 Å². The van der Waals surface area contributed by atoms with Gasteiger partial charge in [-0.15, -0.1) is 24.0 Å². The minimum Gasteiger partial charge on any atom is -0.492 e. The van der Waals surface area contributed by atoms with Crippen LogP contribution < -0.4 is 10.1 Å². The van der Waals surface area contributed by atoms with Crippen molar-refractivity contribution >= 4 is 29.9 Å². The summed E-state index contributed by atoms with van der Waals surface area (Å²) in [6.45, 7) is 11.4. The molecule has 1 aromatic carbocycles. The number of hydrogen-bond acceptors (Lipinski definition) is 5. The number of benzene rings is 1. The molecule has 1 aliphatic heterocycles. The Morgan fingerprint density at radius 2 is 1.91 bits per heavy atom. The predicted molar refractivity (Wildman–Crippen MR) is 140 cm³/mol. The summed E-state index contributed by atoms with van der Waals surface area (Å²) in [7, 11) is 3.89. The number of oxazole rings is 1. The van der Waals surface area contributed by atoms with Crippen molar-refractivity contribution in [3.8, 4) is 5.75 Å². The Morgan fingerprint density at radius 1 is 1.22 bits per heavy atom. The molecule has 2 aromatic rings. The van der Waals surface area contributed by atoms with Crippen LogP contribution in [-0.2, 0) is 6.54 Å². The van der Waals surface area contributed by atoms with Gasteiger partial charge in [-0.3, -0.25) is 9.89 Å². The fourth-order valence-electron chi connectivity index (χ4n) is 3.81. The van der Waals surface area contributed by atoms with Crippen LogP contribution in [0.2, 0.25) is 0 Å². The number of rotatable bonds is 8. The van der Waals surface area contributed by atoms with E-state index in [4.69, 9.17) is 9.15 Å². The molecule has 0 aliphatic carbocycles. The molecular weight excluding hydrogens is 517 g/mol. The number of likely N-dealkylation sites (N-methyl/N-ethyl adjacent to an activating group) is 1. The molecule has 8 heteroatoms. The normalized spacial score (nSPS) is 15.3. The molecule has 0 radical (unpaired) electrons. The molecule has 0 spiro atoms. The minimum atomic E-state index is 0. The van der Waals surface area contributed by atoms with Gasteiger partial charge in [-0.25, -0.2) is 4.98 Å². The van der Waals surface area contributed by atoms with Crippen molar-refractivity contribution in [3.05, 3.63) is 47.2 Å². The molecule has 0 atom stereocenters. The summed E-state index contributed by atoms with van der Waals surface area (Å²) < 4.78 is 11.6. The second kappa shape index (κ2) is 13.0. The van der Waals surface area contributed by atoms with Gasteiger partial charge in [0, 0.05) is 20.6 Å². The highest BCUT2D eigenvalue weighted by Gasteiger charge is 2.21.